The van der Waals surface area contributed by atoms with Gasteiger partial charge in [0.25, 0.3) is 11.8 Å². The van der Waals surface area contributed by atoms with Gasteiger partial charge in [-0.3, -0.25) is 14.6 Å². The van der Waals surface area contributed by atoms with E-state index in [0.29, 0.717) is 49.3 Å². The number of hydrogen-bond donors (Lipinski definition) is 1. The molecule has 37 heavy (non-hydrogen) atoms. The van der Waals surface area contributed by atoms with Crippen LogP contribution in [0.25, 0.3) is 0 Å². The topological polar surface area (TPSA) is 115 Å². The Bertz CT molecular complexity index is 1230. The van der Waals surface area contributed by atoms with Crippen molar-refractivity contribution < 1.29 is 14.3 Å². The van der Waals surface area contributed by atoms with Gasteiger partial charge in [-0.1, -0.05) is 24.6 Å². The molecule has 1 aromatic carbocycles. The highest BCUT2D eigenvalue weighted by atomic mass is 32.1. The summed E-state index contributed by atoms with van der Waals surface area (Å²) in [6.07, 6.45) is 10.3. The lowest BCUT2D eigenvalue weighted by molar-refractivity contribution is 0.0323. The highest BCUT2D eigenvalue weighted by molar-refractivity contribution is 7.13. The van der Waals surface area contributed by atoms with Gasteiger partial charge >= 0.3 is 0 Å². The number of piperidine rings is 1. The summed E-state index contributed by atoms with van der Waals surface area (Å²) in [6.45, 7) is 2.70. The first-order valence-electron chi connectivity index (χ1n) is 12.8. The van der Waals surface area contributed by atoms with Gasteiger partial charge in [-0.25, -0.2) is 9.97 Å². The lowest BCUT2D eigenvalue weighted by atomic mass is 9.73. The van der Waals surface area contributed by atoms with Gasteiger partial charge in [0.15, 0.2) is 5.13 Å². The zero-order chi connectivity index (χ0) is 25.7. The van der Waals surface area contributed by atoms with E-state index in [1.807, 2.05) is 28.0 Å². The summed E-state index contributed by atoms with van der Waals surface area (Å²) in [5, 5.41) is 2.12. The molecule has 0 atom stereocenters. The van der Waals surface area contributed by atoms with Gasteiger partial charge in [0.1, 0.15) is 23.7 Å². The van der Waals surface area contributed by atoms with E-state index >= 15 is 0 Å². The largest absolute Gasteiger partial charge is 0.491 e. The molecule has 2 aliphatic rings. The maximum atomic E-state index is 13.5. The number of amides is 2. The average Bonchev–Trinajstić information content (AvgIpc) is 3.37. The fourth-order valence-electron chi connectivity index (χ4n) is 5.38. The molecule has 3 aromatic rings. The molecule has 1 saturated heterocycles. The highest BCUT2D eigenvalue weighted by Crippen LogP contribution is 2.39. The number of benzene rings is 1. The number of rotatable bonds is 2. The third kappa shape index (κ3) is 5.90. The maximum absolute atomic E-state index is 13.5. The number of para-hydroxylation sites is 1. The van der Waals surface area contributed by atoms with Crippen molar-refractivity contribution in [3.05, 3.63) is 65.2 Å². The number of nitrogens with two attached hydrogens (primary N) is 1. The van der Waals surface area contributed by atoms with Crippen molar-refractivity contribution in [1.82, 2.24) is 24.8 Å². The van der Waals surface area contributed by atoms with E-state index in [1.165, 1.54) is 23.1 Å². The summed E-state index contributed by atoms with van der Waals surface area (Å²) in [5.41, 5.74) is 7.60. The molecule has 1 fully saturated rings. The van der Waals surface area contributed by atoms with Crippen LogP contribution >= 0.6 is 11.3 Å². The number of nitrogen functional groups attached to an aromatic ring is 1. The first-order chi connectivity index (χ1) is 18.0. The Morgan fingerprint density at radius 3 is 2.54 bits per heavy atom. The van der Waals surface area contributed by atoms with Crippen LogP contribution in [0.15, 0.2) is 48.2 Å². The van der Waals surface area contributed by atoms with Crippen LogP contribution in [0.2, 0.25) is 0 Å². The van der Waals surface area contributed by atoms with Crippen LogP contribution < -0.4 is 10.5 Å². The fraction of sp³-hybridized carbons (Fsp3) is 0.444. The van der Waals surface area contributed by atoms with Crippen LogP contribution in [-0.4, -0.2) is 69.4 Å². The van der Waals surface area contributed by atoms with E-state index < -0.39 is 0 Å². The summed E-state index contributed by atoms with van der Waals surface area (Å²) in [5.74, 6) is 0.672. The molecular weight excluding hydrogens is 488 g/mol. The SMILES string of the molecule is Nc1nc(C(=O)N2CCC3(CCCCc4ccccc4OCCN(C(=O)c4cnccn4)C3)CC2)cs1. The van der Waals surface area contributed by atoms with Crippen molar-refractivity contribution in [2.75, 3.05) is 38.5 Å². The summed E-state index contributed by atoms with van der Waals surface area (Å²) >= 11 is 1.28. The number of thiazole rings is 1. The van der Waals surface area contributed by atoms with Gasteiger partial charge in [-0.05, 0) is 49.1 Å². The summed E-state index contributed by atoms with van der Waals surface area (Å²) in [7, 11) is 0. The van der Waals surface area contributed by atoms with Gasteiger partial charge in [-0.2, -0.15) is 0 Å². The Morgan fingerprint density at radius 1 is 0.973 bits per heavy atom. The third-order valence-corrected chi connectivity index (χ3v) is 8.12. The minimum absolute atomic E-state index is 0.0755. The van der Waals surface area contributed by atoms with Gasteiger partial charge in [-0.15, -0.1) is 11.3 Å². The molecule has 0 radical (unpaired) electrons. The first-order valence-corrected chi connectivity index (χ1v) is 13.7. The van der Waals surface area contributed by atoms with Gasteiger partial charge in [0, 0.05) is 37.4 Å². The van der Waals surface area contributed by atoms with Crippen LogP contribution in [-0.2, 0) is 6.42 Å². The van der Waals surface area contributed by atoms with E-state index in [1.54, 1.807) is 17.8 Å². The molecule has 0 bridgehead atoms. The number of carbonyl (C=O) groups excluding carboxylic acids is 2. The smallest absolute Gasteiger partial charge is 0.274 e. The van der Waals surface area contributed by atoms with Gasteiger partial charge in [0.05, 0.1) is 12.7 Å². The molecule has 2 aromatic heterocycles. The standard InChI is InChI=1S/C27H32N6O3S/c28-26-31-22(18-37-26)25(35)32-13-9-27(10-14-32)8-4-3-6-20-5-1-2-7-23(20)36-16-15-33(19-27)24(34)21-17-29-11-12-30-21/h1-2,5,7,11-12,17-18H,3-4,6,8-10,13-16,19H2,(H2,28,31). The van der Waals surface area contributed by atoms with Gasteiger partial charge < -0.3 is 20.3 Å². The van der Waals surface area contributed by atoms with Crippen molar-refractivity contribution in [2.24, 2.45) is 5.41 Å². The molecule has 5 rings (SSSR count). The number of nitrogens with zero attached hydrogens (tertiary/aromatic N) is 5. The van der Waals surface area contributed by atoms with Crippen molar-refractivity contribution in [2.45, 2.75) is 38.5 Å². The molecule has 2 N–H and O–H groups in total. The van der Waals surface area contributed by atoms with Crippen LogP contribution in [0.3, 0.4) is 0 Å². The molecule has 4 heterocycles. The van der Waals surface area contributed by atoms with E-state index in [2.05, 4.69) is 21.0 Å². The normalized spacial score (nSPS) is 18.3. The van der Waals surface area contributed by atoms with Gasteiger partial charge in [0.2, 0.25) is 0 Å². The van der Waals surface area contributed by atoms with E-state index in [0.717, 1.165) is 44.3 Å². The fourth-order valence-corrected chi connectivity index (χ4v) is 5.92. The number of ether oxygens (including phenoxy) is 1. The number of anilines is 1. The Labute approximate surface area is 220 Å². The van der Waals surface area contributed by atoms with Crippen LogP contribution in [0, 0.1) is 5.41 Å². The quantitative estimate of drug-likeness (QED) is 0.548. The van der Waals surface area contributed by atoms with E-state index in [-0.39, 0.29) is 17.2 Å². The lowest BCUT2D eigenvalue weighted by Crippen LogP contribution is -2.50. The van der Waals surface area contributed by atoms with E-state index in [9.17, 15) is 9.59 Å². The number of hydrogen-bond acceptors (Lipinski definition) is 8. The molecule has 194 valence electrons. The zero-order valence-corrected chi connectivity index (χ0v) is 21.7. The second-order valence-electron chi connectivity index (χ2n) is 9.84. The van der Waals surface area contributed by atoms with Crippen LogP contribution in [0.1, 0.15) is 58.6 Å². The number of aromatic nitrogens is 3. The minimum Gasteiger partial charge on any atom is -0.491 e. The molecule has 0 saturated carbocycles. The molecular formula is C27H32N6O3S. The molecule has 0 aliphatic carbocycles. The van der Waals surface area contributed by atoms with Crippen LogP contribution in [0.5, 0.6) is 5.75 Å². The number of aryl methyl sites for hydroxylation is 1. The predicted octanol–water partition coefficient (Wildman–Crippen LogP) is 3.69. The van der Waals surface area contributed by atoms with Crippen molar-refractivity contribution >= 4 is 28.3 Å². The molecule has 0 unspecified atom stereocenters. The molecule has 2 amide bonds. The molecule has 1 spiro atoms. The van der Waals surface area contributed by atoms with Crippen molar-refractivity contribution in [3.63, 3.8) is 0 Å². The number of likely N-dealkylation sites (tertiary alicyclic amines) is 1. The average molecular weight is 521 g/mol. The number of carbonyl (C=O) groups is 2. The minimum atomic E-state index is -0.141. The van der Waals surface area contributed by atoms with Crippen LogP contribution in [0.4, 0.5) is 5.13 Å². The molecule has 10 heteroatoms. The zero-order valence-electron chi connectivity index (χ0n) is 20.8. The number of fused-ring (bicyclic) bond motifs is 1. The van der Waals surface area contributed by atoms with Crippen molar-refractivity contribution in [1.29, 1.82) is 0 Å². The monoisotopic (exact) mass is 520 g/mol. The lowest BCUT2D eigenvalue weighted by Gasteiger charge is -2.44. The molecule has 9 nitrogen and oxygen atoms in total. The second kappa shape index (κ2) is 11.2. The summed E-state index contributed by atoms with van der Waals surface area (Å²) < 4.78 is 6.15. The Balaban J connectivity index is 1.36. The maximum Gasteiger partial charge on any atom is 0.274 e. The Hall–Kier alpha value is -3.53. The summed E-state index contributed by atoms with van der Waals surface area (Å²) in [6, 6.07) is 8.15. The Morgan fingerprint density at radius 2 is 1.78 bits per heavy atom. The third-order valence-electron chi connectivity index (χ3n) is 7.44. The predicted molar refractivity (Wildman–Crippen MR) is 142 cm³/mol. The van der Waals surface area contributed by atoms with E-state index in [4.69, 9.17) is 10.5 Å². The molecule has 2 aliphatic heterocycles. The summed E-state index contributed by atoms with van der Waals surface area (Å²) in [4.78, 5) is 42.8. The first kappa shape index (κ1) is 25.1. The Kier molecular flexibility index (Phi) is 7.64. The highest BCUT2D eigenvalue weighted by Gasteiger charge is 2.39. The van der Waals surface area contributed by atoms with Crippen molar-refractivity contribution in [3.8, 4) is 5.75 Å². The second-order valence-corrected chi connectivity index (χ2v) is 10.7.